The SMILES string of the molecule is O=C(NCc1ccccc1)C(=O)Nc1c2c(nn1-c1ccc(F)cc1)CS(=O)(=O)C2. The predicted octanol–water partition coefficient (Wildman–Crippen LogP) is 1.69. The fraction of sp³-hybridized carbons (Fsp3) is 0.150. The van der Waals surface area contributed by atoms with Gasteiger partial charge in [0.25, 0.3) is 0 Å². The van der Waals surface area contributed by atoms with Crippen LogP contribution in [-0.2, 0) is 37.5 Å². The Morgan fingerprint density at radius 3 is 2.40 bits per heavy atom. The number of benzene rings is 2. The molecule has 0 unspecified atom stereocenters. The highest BCUT2D eigenvalue weighted by Gasteiger charge is 2.33. The third-order valence-electron chi connectivity index (χ3n) is 4.59. The van der Waals surface area contributed by atoms with Crippen molar-refractivity contribution in [3.05, 3.63) is 77.2 Å². The Bertz CT molecular complexity index is 1220. The molecule has 0 spiro atoms. The van der Waals surface area contributed by atoms with Crippen LogP contribution in [0.2, 0.25) is 0 Å². The lowest BCUT2D eigenvalue weighted by Crippen LogP contribution is -2.35. The Kier molecular flexibility index (Phi) is 5.08. The molecule has 2 N–H and O–H groups in total. The van der Waals surface area contributed by atoms with Crippen LogP contribution in [0.4, 0.5) is 10.2 Å². The maximum absolute atomic E-state index is 13.3. The van der Waals surface area contributed by atoms with Gasteiger partial charge in [0.2, 0.25) is 0 Å². The summed E-state index contributed by atoms with van der Waals surface area (Å²) in [5.41, 5.74) is 1.85. The number of anilines is 1. The fourth-order valence-electron chi connectivity index (χ4n) is 3.16. The Morgan fingerprint density at radius 1 is 1.00 bits per heavy atom. The summed E-state index contributed by atoms with van der Waals surface area (Å²) >= 11 is 0. The number of nitrogens with zero attached hydrogens (tertiary/aromatic N) is 2. The number of rotatable bonds is 4. The fourth-order valence-corrected chi connectivity index (χ4v) is 4.66. The van der Waals surface area contributed by atoms with Crippen molar-refractivity contribution in [1.82, 2.24) is 15.1 Å². The molecule has 0 saturated heterocycles. The van der Waals surface area contributed by atoms with E-state index in [4.69, 9.17) is 0 Å². The van der Waals surface area contributed by atoms with Crippen molar-refractivity contribution >= 4 is 27.5 Å². The minimum absolute atomic E-state index is 0.0811. The number of halogens is 1. The van der Waals surface area contributed by atoms with Gasteiger partial charge in [-0.05, 0) is 29.8 Å². The first kappa shape index (κ1) is 19.8. The average Bonchev–Trinajstić information content (AvgIpc) is 3.20. The topological polar surface area (TPSA) is 110 Å². The molecule has 4 rings (SSSR count). The van der Waals surface area contributed by atoms with Crippen LogP contribution in [0, 0.1) is 5.82 Å². The highest BCUT2D eigenvalue weighted by Crippen LogP contribution is 2.32. The summed E-state index contributed by atoms with van der Waals surface area (Å²) in [6, 6.07) is 14.4. The first-order chi connectivity index (χ1) is 14.3. The van der Waals surface area contributed by atoms with Gasteiger partial charge in [0.15, 0.2) is 9.84 Å². The molecule has 1 aromatic heterocycles. The Morgan fingerprint density at radius 2 is 1.70 bits per heavy atom. The van der Waals surface area contributed by atoms with Crippen LogP contribution >= 0.6 is 0 Å². The van der Waals surface area contributed by atoms with E-state index in [-0.39, 0.29) is 23.9 Å². The molecule has 2 amide bonds. The minimum Gasteiger partial charge on any atom is -0.344 e. The zero-order valence-electron chi connectivity index (χ0n) is 15.6. The number of carbonyl (C=O) groups excluding carboxylic acids is 2. The third-order valence-corrected chi connectivity index (χ3v) is 6.03. The molecular formula is C20H17FN4O4S. The van der Waals surface area contributed by atoms with Crippen molar-refractivity contribution in [2.24, 2.45) is 0 Å². The first-order valence-electron chi connectivity index (χ1n) is 9.02. The van der Waals surface area contributed by atoms with E-state index in [2.05, 4.69) is 15.7 Å². The molecule has 1 aliphatic rings. The van der Waals surface area contributed by atoms with Crippen LogP contribution in [0.5, 0.6) is 0 Å². The minimum atomic E-state index is -3.38. The van der Waals surface area contributed by atoms with Gasteiger partial charge < -0.3 is 10.6 Å². The van der Waals surface area contributed by atoms with E-state index in [0.717, 1.165) is 5.56 Å². The Labute approximate surface area is 171 Å². The normalized spacial score (nSPS) is 14.2. The molecule has 3 aromatic rings. The van der Waals surface area contributed by atoms with Crippen molar-refractivity contribution in [3.63, 3.8) is 0 Å². The molecule has 154 valence electrons. The molecule has 8 nitrogen and oxygen atoms in total. The van der Waals surface area contributed by atoms with Gasteiger partial charge in [-0.15, -0.1) is 0 Å². The van der Waals surface area contributed by atoms with Crippen molar-refractivity contribution in [2.45, 2.75) is 18.1 Å². The lowest BCUT2D eigenvalue weighted by atomic mass is 10.2. The molecule has 2 heterocycles. The smallest absolute Gasteiger partial charge is 0.314 e. The number of sulfone groups is 1. The highest BCUT2D eigenvalue weighted by atomic mass is 32.2. The first-order valence-corrected chi connectivity index (χ1v) is 10.8. The van der Waals surface area contributed by atoms with Gasteiger partial charge in [-0.25, -0.2) is 17.5 Å². The van der Waals surface area contributed by atoms with Crippen molar-refractivity contribution in [3.8, 4) is 5.69 Å². The van der Waals surface area contributed by atoms with E-state index in [1.54, 1.807) is 12.1 Å². The maximum atomic E-state index is 13.3. The second kappa shape index (κ2) is 7.71. The Balaban J connectivity index is 1.58. The molecule has 0 saturated carbocycles. The van der Waals surface area contributed by atoms with Gasteiger partial charge in [-0.2, -0.15) is 5.10 Å². The van der Waals surface area contributed by atoms with Crippen LogP contribution in [-0.4, -0.2) is 30.0 Å². The number of amides is 2. The summed E-state index contributed by atoms with van der Waals surface area (Å²) < 4.78 is 38.5. The zero-order chi connectivity index (χ0) is 21.3. The quantitative estimate of drug-likeness (QED) is 0.615. The molecule has 30 heavy (non-hydrogen) atoms. The molecule has 0 bridgehead atoms. The molecule has 1 aliphatic heterocycles. The van der Waals surface area contributed by atoms with Crippen molar-refractivity contribution < 1.29 is 22.4 Å². The number of hydrogen-bond acceptors (Lipinski definition) is 5. The summed E-state index contributed by atoms with van der Waals surface area (Å²) in [5, 5.41) is 9.24. The number of carbonyl (C=O) groups is 2. The molecule has 0 atom stereocenters. The summed E-state index contributed by atoms with van der Waals surface area (Å²) in [6.45, 7) is 0.163. The molecule has 10 heteroatoms. The molecular weight excluding hydrogens is 411 g/mol. The monoisotopic (exact) mass is 428 g/mol. The van der Waals surface area contributed by atoms with Crippen LogP contribution in [0.1, 0.15) is 16.8 Å². The van der Waals surface area contributed by atoms with Crippen LogP contribution in [0.25, 0.3) is 5.69 Å². The maximum Gasteiger partial charge on any atom is 0.314 e. The van der Waals surface area contributed by atoms with Gasteiger partial charge in [0, 0.05) is 12.1 Å². The lowest BCUT2D eigenvalue weighted by molar-refractivity contribution is -0.136. The van der Waals surface area contributed by atoms with Crippen LogP contribution in [0.15, 0.2) is 54.6 Å². The van der Waals surface area contributed by atoms with Gasteiger partial charge in [0.05, 0.1) is 22.9 Å². The second-order valence-electron chi connectivity index (χ2n) is 6.82. The highest BCUT2D eigenvalue weighted by molar-refractivity contribution is 7.90. The van der Waals surface area contributed by atoms with Gasteiger partial charge in [-0.1, -0.05) is 30.3 Å². The summed E-state index contributed by atoms with van der Waals surface area (Å²) in [4.78, 5) is 24.7. The standard InChI is InChI=1S/C20H17FN4O4S/c21-14-6-8-15(9-7-14)25-18(16-11-30(28,29)12-17(16)24-25)23-20(27)19(26)22-10-13-4-2-1-3-5-13/h1-9H,10-12H2,(H,22,26)(H,23,27). The summed E-state index contributed by atoms with van der Waals surface area (Å²) in [6.07, 6.45) is 0. The molecule has 2 aromatic carbocycles. The van der Waals surface area contributed by atoms with Crippen LogP contribution in [0.3, 0.4) is 0 Å². The van der Waals surface area contributed by atoms with Gasteiger partial charge in [0.1, 0.15) is 11.6 Å². The Hall–Kier alpha value is -3.53. The van der Waals surface area contributed by atoms with Gasteiger partial charge >= 0.3 is 11.8 Å². The van der Waals surface area contributed by atoms with E-state index >= 15 is 0 Å². The van der Waals surface area contributed by atoms with E-state index in [1.165, 1.54) is 28.9 Å². The zero-order valence-corrected chi connectivity index (χ0v) is 16.4. The summed E-state index contributed by atoms with van der Waals surface area (Å²) in [5.74, 6) is -2.77. The third kappa shape index (κ3) is 4.08. The number of aromatic nitrogens is 2. The number of nitrogens with one attached hydrogen (secondary N) is 2. The van der Waals surface area contributed by atoms with E-state index in [9.17, 15) is 22.4 Å². The molecule has 0 aliphatic carbocycles. The number of fused-ring (bicyclic) bond motifs is 1. The van der Waals surface area contributed by atoms with Crippen LogP contribution < -0.4 is 10.6 Å². The lowest BCUT2D eigenvalue weighted by Gasteiger charge is -2.11. The van der Waals surface area contributed by atoms with E-state index < -0.39 is 27.5 Å². The summed E-state index contributed by atoms with van der Waals surface area (Å²) in [7, 11) is -3.38. The van der Waals surface area contributed by atoms with Gasteiger partial charge in [-0.3, -0.25) is 9.59 Å². The van der Waals surface area contributed by atoms with Crippen molar-refractivity contribution in [1.29, 1.82) is 0 Å². The predicted molar refractivity (Wildman–Crippen MR) is 107 cm³/mol. The molecule has 0 fully saturated rings. The molecule has 0 radical (unpaired) electrons. The number of hydrogen-bond donors (Lipinski definition) is 2. The second-order valence-corrected chi connectivity index (χ2v) is 8.88. The largest absolute Gasteiger partial charge is 0.344 e. The average molecular weight is 428 g/mol. The van der Waals surface area contributed by atoms with E-state index in [0.29, 0.717) is 16.9 Å². The van der Waals surface area contributed by atoms with E-state index in [1.807, 2.05) is 18.2 Å². The van der Waals surface area contributed by atoms with Crippen molar-refractivity contribution in [2.75, 3.05) is 5.32 Å².